The number of aromatic amines is 1. The molecule has 0 bridgehead atoms. The van der Waals surface area contributed by atoms with Crippen molar-refractivity contribution in [3.8, 4) is 17.2 Å². The number of aromatic nitrogens is 3. The number of benzene rings is 2. The number of rotatable bonds is 4. The van der Waals surface area contributed by atoms with Gasteiger partial charge in [0.1, 0.15) is 5.75 Å². The molecule has 0 atom stereocenters. The number of thioether (sulfide) groups is 1. The van der Waals surface area contributed by atoms with E-state index in [1.54, 1.807) is 0 Å². The van der Waals surface area contributed by atoms with E-state index < -0.39 is 22.6 Å². The Labute approximate surface area is 186 Å². The van der Waals surface area contributed by atoms with Crippen LogP contribution in [-0.2, 0) is 7.05 Å². The zero-order valence-electron chi connectivity index (χ0n) is 15.7. The van der Waals surface area contributed by atoms with Crippen molar-refractivity contribution in [3.63, 3.8) is 0 Å². The van der Waals surface area contributed by atoms with Crippen molar-refractivity contribution < 1.29 is 17.9 Å². The highest BCUT2D eigenvalue weighted by Crippen LogP contribution is 2.41. The van der Waals surface area contributed by atoms with Crippen LogP contribution < -0.4 is 21.8 Å². The molecule has 13 heteroatoms. The summed E-state index contributed by atoms with van der Waals surface area (Å²) in [5.74, 6) is 0.148. The summed E-state index contributed by atoms with van der Waals surface area (Å²) in [7, 11) is 1.18. The van der Waals surface area contributed by atoms with Gasteiger partial charge in [-0.3, -0.25) is 4.98 Å². The fourth-order valence-corrected chi connectivity index (χ4v) is 3.76. The number of ether oxygens (including phenoxy) is 1. The summed E-state index contributed by atoms with van der Waals surface area (Å²) in [5.41, 5.74) is -6.90. The number of hydrogen-bond acceptors (Lipinski definition) is 5. The van der Waals surface area contributed by atoms with Gasteiger partial charge in [-0.15, -0.1) is 0 Å². The molecule has 0 aliphatic heterocycles. The third kappa shape index (κ3) is 5.00. The standard InChI is InChI=1S/C18H12Cl2F3N3O4S/c1-8-5-10(3-4-13(8)31-18(21,22)23)30-14-11(19)6-9(7-12(14)20)26-16(28)24-15(27)25(2)17(26)29/h3-7H,1-2H3,(H,24,27,28). The summed E-state index contributed by atoms with van der Waals surface area (Å²) in [6, 6.07) is 6.42. The molecule has 0 fully saturated rings. The topological polar surface area (TPSA) is 86.1 Å². The average Bonchev–Trinajstić information content (AvgIpc) is 2.64. The molecule has 2 aromatic carbocycles. The maximum absolute atomic E-state index is 12.6. The molecule has 0 saturated heterocycles. The summed E-state index contributed by atoms with van der Waals surface area (Å²) in [6.45, 7) is 1.49. The Morgan fingerprint density at radius 1 is 1.03 bits per heavy atom. The molecule has 0 unspecified atom stereocenters. The van der Waals surface area contributed by atoms with Crippen LogP contribution in [0.1, 0.15) is 5.56 Å². The van der Waals surface area contributed by atoms with Gasteiger partial charge in [-0.1, -0.05) is 23.2 Å². The van der Waals surface area contributed by atoms with Crippen LogP contribution in [0.2, 0.25) is 10.0 Å². The van der Waals surface area contributed by atoms with Gasteiger partial charge in [0.05, 0.1) is 15.7 Å². The van der Waals surface area contributed by atoms with E-state index in [9.17, 15) is 27.6 Å². The Hall–Kier alpha value is -2.63. The Morgan fingerprint density at radius 2 is 1.65 bits per heavy atom. The summed E-state index contributed by atoms with van der Waals surface area (Å²) in [5, 5.41) is -0.150. The molecule has 1 aromatic heterocycles. The Balaban J connectivity index is 1.99. The van der Waals surface area contributed by atoms with Gasteiger partial charge in [-0.2, -0.15) is 13.2 Å². The van der Waals surface area contributed by atoms with Crippen LogP contribution in [0.3, 0.4) is 0 Å². The second-order valence-corrected chi connectivity index (χ2v) is 8.15. The number of nitrogens with one attached hydrogen (secondary N) is 1. The van der Waals surface area contributed by atoms with Crippen LogP contribution >= 0.6 is 35.0 Å². The number of alkyl halides is 3. The third-order valence-corrected chi connectivity index (χ3v) is 5.50. The van der Waals surface area contributed by atoms with Gasteiger partial charge in [0, 0.05) is 11.9 Å². The molecule has 0 spiro atoms. The van der Waals surface area contributed by atoms with E-state index >= 15 is 0 Å². The number of nitrogens with zero attached hydrogens (tertiary/aromatic N) is 2. The molecule has 3 aromatic rings. The smallest absolute Gasteiger partial charge is 0.446 e. The predicted molar refractivity (Wildman–Crippen MR) is 111 cm³/mol. The zero-order chi connectivity index (χ0) is 23.1. The highest BCUT2D eigenvalue weighted by molar-refractivity contribution is 8.00. The molecule has 31 heavy (non-hydrogen) atoms. The molecule has 7 nitrogen and oxygen atoms in total. The zero-order valence-corrected chi connectivity index (χ0v) is 18.0. The number of H-pyrrole nitrogens is 1. The summed E-state index contributed by atoms with van der Waals surface area (Å²) in [4.78, 5) is 37.9. The molecule has 0 saturated carbocycles. The fraction of sp³-hybridized carbons (Fsp3) is 0.167. The minimum atomic E-state index is -4.42. The summed E-state index contributed by atoms with van der Waals surface area (Å²) >= 11 is 12.2. The van der Waals surface area contributed by atoms with Gasteiger partial charge in [-0.25, -0.2) is 23.5 Å². The van der Waals surface area contributed by atoms with Gasteiger partial charge in [0.25, 0.3) is 0 Å². The predicted octanol–water partition coefficient (Wildman–Crippen LogP) is 4.24. The number of hydrogen-bond donors (Lipinski definition) is 1. The Morgan fingerprint density at radius 3 is 2.19 bits per heavy atom. The van der Waals surface area contributed by atoms with Crippen molar-refractivity contribution in [1.82, 2.24) is 14.1 Å². The van der Waals surface area contributed by atoms with E-state index in [0.717, 1.165) is 0 Å². The summed E-state index contributed by atoms with van der Waals surface area (Å²) < 4.78 is 44.7. The highest BCUT2D eigenvalue weighted by atomic mass is 35.5. The number of aryl methyl sites for hydroxylation is 1. The third-order valence-electron chi connectivity index (χ3n) is 4.03. The normalized spacial score (nSPS) is 11.6. The van der Waals surface area contributed by atoms with E-state index in [1.807, 2.05) is 4.98 Å². The lowest BCUT2D eigenvalue weighted by Crippen LogP contribution is -2.47. The van der Waals surface area contributed by atoms with E-state index in [0.29, 0.717) is 14.7 Å². The van der Waals surface area contributed by atoms with Crippen LogP contribution in [0.5, 0.6) is 11.5 Å². The van der Waals surface area contributed by atoms with Gasteiger partial charge >= 0.3 is 22.6 Å². The lowest BCUT2D eigenvalue weighted by molar-refractivity contribution is -0.0328. The molecular formula is C18H12Cl2F3N3O4S. The SMILES string of the molecule is Cc1cc(Oc2c(Cl)cc(-n3c(=O)[nH]c(=O)n(C)c3=O)cc2Cl)ccc1SC(F)(F)F. The fourth-order valence-electron chi connectivity index (χ4n) is 2.60. The molecule has 164 valence electrons. The van der Waals surface area contributed by atoms with E-state index in [4.69, 9.17) is 27.9 Å². The minimum absolute atomic E-state index is 0.0145. The second-order valence-electron chi connectivity index (χ2n) is 6.23. The van der Waals surface area contributed by atoms with Gasteiger partial charge < -0.3 is 4.74 Å². The highest BCUT2D eigenvalue weighted by Gasteiger charge is 2.30. The van der Waals surface area contributed by atoms with Crippen LogP contribution in [0, 0.1) is 6.92 Å². The molecule has 1 heterocycles. The largest absolute Gasteiger partial charge is 0.454 e. The molecule has 0 aliphatic rings. The van der Waals surface area contributed by atoms with Crippen LogP contribution in [0.15, 0.2) is 49.6 Å². The maximum atomic E-state index is 12.6. The molecule has 0 aliphatic carbocycles. The number of halogens is 5. The Bertz CT molecular complexity index is 1330. The van der Waals surface area contributed by atoms with E-state index in [2.05, 4.69) is 0 Å². The molecule has 3 rings (SSSR count). The quantitative estimate of drug-likeness (QED) is 0.549. The van der Waals surface area contributed by atoms with Crippen molar-refractivity contribution in [3.05, 3.63) is 77.4 Å². The van der Waals surface area contributed by atoms with Gasteiger partial charge in [-0.05, 0) is 54.6 Å². The first-order valence-electron chi connectivity index (χ1n) is 8.33. The average molecular weight is 494 g/mol. The second kappa shape index (κ2) is 8.48. The summed E-state index contributed by atoms with van der Waals surface area (Å²) in [6.07, 6.45) is 0. The maximum Gasteiger partial charge on any atom is 0.446 e. The van der Waals surface area contributed by atoms with Crippen LogP contribution in [-0.4, -0.2) is 19.6 Å². The first kappa shape index (κ1) is 23.0. The van der Waals surface area contributed by atoms with Crippen molar-refractivity contribution >= 4 is 35.0 Å². The van der Waals surface area contributed by atoms with Crippen LogP contribution in [0.4, 0.5) is 13.2 Å². The monoisotopic (exact) mass is 493 g/mol. The van der Waals surface area contributed by atoms with E-state index in [1.165, 1.54) is 44.3 Å². The lowest BCUT2D eigenvalue weighted by Gasteiger charge is -2.14. The lowest BCUT2D eigenvalue weighted by atomic mass is 10.2. The first-order chi connectivity index (χ1) is 14.4. The van der Waals surface area contributed by atoms with Crippen molar-refractivity contribution in [2.24, 2.45) is 7.05 Å². The molecule has 1 N–H and O–H groups in total. The molecule has 0 radical (unpaired) electrons. The van der Waals surface area contributed by atoms with Crippen molar-refractivity contribution in [1.29, 1.82) is 0 Å². The molecular weight excluding hydrogens is 482 g/mol. The Kier molecular flexibility index (Phi) is 6.30. The van der Waals surface area contributed by atoms with Crippen molar-refractivity contribution in [2.45, 2.75) is 17.3 Å². The van der Waals surface area contributed by atoms with Crippen molar-refractivity contribution in [2.75, 3.05) is 0 Å². The minimum Gasteiger partial charge on any atom is -0.454 e. The van der Waals surface area contributed by atoms with Gasteiger partial charge in [0.2, 0.25) is 0 Å². The van der Waals surface area contributed by atoms with Gasteiger partial charge in [0.15, 0.2) is 5.75 Å². The van der Waals surface area contributed by atoms with Crippen LogP contribution in [0.25, 0.3) is 5.69 Å². The first-order valence-corrected chi connectivity index (χ1v) is 9.90. The van der Waals surface area contributed by atoms with E-state index in [-0.39, 0.29) is 43.9 Å². The molecule has 0 amide bonds.